The van der Waals surface area contributed by atoms with E-state index in [1.54, 1.807) is 6.07 Å². The summed E-state index contributed by atoms with van der Waals surface area (Å²) in [5.41, 5.74) is 2.91. The van der Waals surface area contributed by atoms with Gasteiger partial charge in [-0.3, -0.25) is 15.0 Å². The molecule has 2 heterocycles. The number of nitrogens with zero attached hydrogens (tertiary/aromatic N) is 2. The molecule has 0 saturated heterocycles. The first-order valence-electron chi connectivity index (χ1n) is 9.84. The molecule has 0 unspecified atom stereocenters. The number of rotatable bonds is 4. The van der Waals surface area contributed by atoms with Crippen LogP contribution >= 0.6 is 11.3 Å². The second-order valence-electron chi connectivity index (χ2n) is 8.79. The number of nitrogens with one attached hydrogen (secondary N) is 1. The fourth-order valence-corrected chi connectivity index (χ4v) is 7.09. The monoisotopic (exact) mass is 371 g/mol. The molecule has 6 rings (SSSR count). The van der Waals surface area contributed by atoms with Crippen LogP contribution in [0.25, 0.3) is 10.2 Å². The number of carbonyl (C=O) groups is 1. The van der Waals surface area contributed by atoms with E-state index in [1.165, 1.54) is 54.5 Å². The lowest BCUT2D eigenvalue weighted by Gasteiger charge is -2.56. The van der Waals surface area contributed by atoms with E-state index in [2.05, 4.69) is 10.4 Å². The maximum Gasteiger partial charge on any atom is 0.281 e. The van der Waals surface area contributed by atoms with Crippen molar-refractivity contribution in [3.63, 3.8) is 0 Å². The number of hydrogen-bond donors (Lipinski definition) is 1. The summed E-state index contributed by atoms with van der Waals surface area (Å²) < 4.78 is 1.39. The van der Waals surface area contributed by atoms with Crippen LogP contribution in [0.2, 0.25) is 0 Å². The van der Waals surface area contributed by atoms with E-state index in [0.29, 0.717) is 24.1 Å². The predicted octanol–water partition coefficient (Wildman–Crippen LogP) is 3.70. The molecule has 6 heteroatoms. The standard InChI is InChI=1S/C20H25N3O2S/c1-2-16-21-18-15(3-4-26-18)19(25)23(16)22-17(24)11-20-8-12-5-13(9-20)7-14(6-12)10-20/h3-4,12-14H,2,5-11H2,1H3,(H,22,24). The number of thiophene rings is 1. The molecule has 5 nitrogen and oxygen atoms in total. The van der Waals surface area contributed by atoms with E-state index in [4.69, 9.17) is 0 Å². The molecule has 4 aliphatic rings. The van der Waals surface area contributed by atoms with Gasteiger partial charge in [0.2, 0.25) is 5.91 Å². The predicted molar refractivity (Wildman–Crippen MR) is 103 cm³/mol. The Morgan fingerprint density at radius 3 is 2.54 bits per heavy atom. The summed E-state index contributed by atoms with van der Waals surface area (Å²) in [7, 11) is 0. The molecule has 1 N–H and O–H groups in total. The molecule has 0 spiro atoms. The van der Waals surface area contributed by atoms with Gasteiger partial charge in [-0.25, -0.2) is 9.66 Å². The molecule has 0 radical (unpaired) electrons. The van der Waals surface area contributed by atoms with Gasteiger partial charge in [-0.05, 0) is 73.1 Å². The zero-order chi connectivity index (χ0) is 17.9. The fraction of sp³-hybridized carbons (Fsp3) is 0.650. The van der Waals surface area contributed by atoms with Crippen LogP contribution in [0.4, 0.5) is 0 Å². The smallest absolute Gasteiger partial charge is 0.273 e. The topological polar surface area (TPSA) is 64.0 Å². The Morgan fingerprint density at radius 1 is 1.27 bits per heavy atom. The van der Waals surface area contributed by atoms with Gasteiger partial charge in [0.15, 0.2) is 0 Å². The average Bonchev–Trinajstić information content (AvgIpc) is 3.04. The molecule has 1 amide bonds. The highest BCUT2D eigenvalue weighted by Crippen LogP contribution is 2.61. The van der Waals surface area contributed by atoms with Crippen LogP contribution in [0.5, 0.6) is 0 Å². The third kappa shape index (κ3) is 2.61. The molecule has 4 saturated carbocycles. The van der Waals surface area contributed by atoms with E-state index in [0.717, 1.165) is 22.6 Å². The number of hydrogen-bond acceptors (Lipinski definition) is 4. The minimum absolute atomic E-state index is 0.0277. The van der Waals surface area contributed by atoms with Crippen molar-refractivity contribution < 1.29 is 4.79 Å². The van der Waals surface area contributed by atoms with E-state index >= 15 is 0 Å². The van der Waals surface area contributed by atoms with Crippen molar-refractivity contribution in [2.75, 3.05) is 5.43 Å². The first-order valence-corrected chi connectivity index (χ1v) is 10.7. The lowest BCUT2D eigenvalue weighted by Crippen LogP contribution is -2.48. The van der Waals surface area contributed by atoms with Crippen molar-refractivity contribution in [3.8, 4) is 0 Å². The molecule has 4 bridgehead atoms. The molecule has 26 heavy (non-hydrogen) atoms. The van der Waals surface area contributed by atoms with Gasteiger partial charge in [0, 0.05) is 12.8 Å². The highest BCUT2D eigenvalue weighted by atomic mass is 32.1. The van der Waals surface area contributed by atoms with Gasteiger partial charge in [-0.2, -0.15) is 0 Å². The van der Waals surface area contributed by atoms with E-state index in [9.17, 15) is 9.59 Å². The van der Waals surface area contributed by atoms with E-state index < -0.39 is 0 Å². The number of aryl methyl sites for hydroxylation is 1. The van der Waals surface area contributed by atoms with Gasteiger partial charge >= 0.3 is 0 Å². The van der Waals surface area contributed by atoms with Crippen molar-refractivity contribution in [1.82, 2.24) is 9.66 Å². The molecular formula is C20H25N3O2S. The molecule has 0 atom stereocenters. The maximum atomic E-state index is 12.9. The highest BCUT2D eigenvalue weighted by Gasteiger charge is 2.51. The van der Waals surface area contributed by atoms with Gasteiger partial charge in [0.25, 0.3) is 5.56 Å². The Balaban J connectivity index is 1.40. The summed E-state index contributed by atoms with van der Waals surface area (Å²) in [6, 6.07) is 1.79. The Morgan fingerprint density at radius 2 is 1.92 bits per heavy atom. The second-order valence-corrected chi connectivity index (χ2v) is 9.69. The first kappa shape index (κ1) is 16.5. The second kappa shape index (κ2) is 5.91. The molecule has 4 aliphatic carbocycles. The largest absolute Gasteiger partial charge is 0.281 e. The van der Waals surface area contributed by atoms with E-state index in [-0.39, 0.29) is 16.9 Å². The lowest BCUT2D eigenvalue weighted by molar-refractivity contribution is -0.125. The van der Waals surface area contributed by atoms with Crippen LogP contribution in [0.15, 0.2) is 16.2 Å². The summed E-state index contributed by atoms with van der Waals surface area (Å²) in [6.45, 7) is 1.96. The molecule has 4 fully saturated rings. The summed E-state index contributed by atoms with van der Waals surface area (Å²) in [5, 5.41) is 2.46. The number of fused-ring (bicyclic) bond motifs is 1. The molecule has 138 valence electrons. The SMILES string of the molecule is CCc1nc2sccc2c(=O)n1NC(=O)CC12CC3CC(CC(C3)C1)C2. The normalized spacial score (nSPS) is 32.3. The molecule has 0 aromatic carbocycles. The lowest BCUT2D eigenvalue weighted by atomic mass is 9.49. The van der Waals surface area contributed by atoms with Gasteiger partial charge < -0.3 is 0 Å². The summed E-state index contributed by atoms with van der Waals surface area (Å²) in [5.74, 6) is 3.08. The molecule has 0 aliphatic heterocycles. The van der Waals surface area contributed by atoms with Crippen molar-refractivity contribution in [1.29, 1.82) is 0 Å². The maximum absolute atomic E-state index is 12.9. The average molecular weight is 372 g/mol. The van der Waals surface area contributed by atoms with Crippen LogP contribution in [-0.2, 0) is 11.2 Å². The Kier molecular flexibility index (Phi) is 3.75. The van der Waals surface area contributed by atoms with Crippen molar-refractivity contribution in [3.05, 3.63) is 27.6 Å². The van der Waals surface area contributed by atoms with Crippen LogP contribution in [0, 0.1) is 23.2 Å². The molecular weight excluding hydrogens is 346 g/mol. The van der Waals surface area contributed by atoms with Crippen molar-refractivity contribution >= 4 is 27.5 Å². The quantitative estimate of drug-likeness (QED) is 0.891. The summed E-state index contributed by atoms with van der Waals surface area (Å²) >= 11 is 1.47. The van der Waals surface area contributed by atoms with Gasteiger partial charge in [-0.15, -0.1) is 11.3 Å². The van der Waals surface area contributed by atoms with E-state index in [1.807, 2.05) is 12.3 Å². The number of amides is 1. The van der Waals surface area contributed by atoms with Gasteiger partial charge in [0.05, 0.1) is 5.39 Å². The fourth-order valence-electron chi connectivity index (χ4n) is 6.32. The zero-order valence-electron chi connectivity index (χ0n) is 15.2. The van der Waals surface area contributed by atoms with Gasteiger partial charge in [0.1, 0.15) is 10.7 Å². The number of carbonyl (C=O) groups excluding carboxylic acids is 1. The van der Waals surface area contributed by atoms with Crippen LogP contribution in [-0.4, -0.2) is 15.6 Å². The van der Waals surface area contributed by atoms with Crippen LogP contribution in [0.1, 0.15) is 57.7 Å². The van der Waals surface area contributed by atoms with Crippen molar-refractivity contribution in [2.24, 2.45) is 23.2 Å². The zero-order valence-corrected chi connectivity index (χ0v) is 16.0. The molecule has 2 aromatic heterocycles. The minimum atomic E-state index is -0.160. The Bertz CT molecular complexity index is 893. The summed E-state index contributed by atoms with van der Waals surface area (Å²) in [6.07, 6.45) is 8.88. The Hall–Kier alpha value is -1.69. The minimum Gasteiger partial charge on any atom is -0.273 e. The Labute approximate surface area is 156 Å². The third-order valence-corrected chi connectivity index (χ3v) is 7.63. The summed E-state index contributed by atoms with van der Waals surface area (Å²) in [4.78, 5) is 31.0. The highest BCUT2D eigenvalue weighted by molar-refractivity contribution is 7.16. The van der Waals surface area contributed by atoms with Crippen LogP contribution in [0.3, 0.4) is 0 Å². The molecule has 2 aromatic rings. The van der Waals surface area contributed by atoms with Crippen LogP contribution < -0.4 is 11.0 Å². The van der Waals surface area contributed by atoms with Gasteiger partial charge in [-0.1, -0.05) is 6.92 Å². The number of aromatic nitrogens is 2. The first-order chi connectivity index (χ1) is 12.5. The van der Waals surface area contributed by atoms with Crippen molar-refractivity contribution in [2.45, 2.75) is 58.3 Å². The third-order valence-electron chi connectivity index (χ3n) is 6.82.